The predicted molar refractivity (Wildman–Crippen MR) is 98.1 cm³/mol. The number of rotatable bonds is 4. The number of aryl methyl sites for hydroxylation is 1. The molecule has 0 aliphatic heterocycles. The van der Waals surface area contributed by atoms with E-state index in [0.717, 1.165) is 10.9 Å². The quantitative estimate of drug-likeness (QED) is 0.600. The number of fused-ring (bicyclic) bond motifs is 1. The lowest BCUT2D eigenvalue weighted by atomic mass is 10.1. The zero-order chi connectivity index (χ0) is 16.6. The molecule has 0 bridgehead atoms. The summed E-state index contributed by atoms with van der Waals surface area (Å²) in [4.78, 5) is 0. The number of benzene rings is 2. The van der Waals surface area contributed by atoms with E-state index >= 15 is 0 Å². The smallest absolute Gasteiger partial charge is 0.230 e. The molecule has 5 heteroatoms. The molecule has 0 N–H and O–H groups in total. The van der Waals surface area contributed by atoms with Crippen molar-refractivity contribution in [1.82, 2.24) is 3.97 Å². The SMILES string of the molecule is C=CC(c1ccc(C)cc1)S(=O)(=O)n1c(Br)cc2ccccc21. The Morgan fingerprint density at radius 3 is 2.43 bits per heavy atom. The summed E-state index contributed by atoms with van der Waals surface area (Å²) in [7, 11) is -3.68. The van der Waals surface area contributed by atoms with E-state index in [0.29, 0.717) is 15.7 Å². The van der Waals surface area contributed by atoms with Gasteiger partial charge in [-0.3, -0.25) is 0 Å². The molecule has 23 heavy (non-hydrogen) atoms. The number of hydrogen-bond donors (Lipinski definition) is 0. The van der Waals surface area contributed by atoms with Crippen LogP contribution in [0.15, 0.2) is 71.9 Å². The van der Waals surface area contributed by atoms with Gasteiger partial charge in [-0.25, -0.2) is 12.4 Å². The van der Waals surface area contributed by atoms with Crippen LogP contribution < -0.4 is 0 Å². The van der Waals surface area contributed by atoms with Crippen LogP contribution in [0.3, 0.4) is 0 Å². The van der Waals surface area contributed by atoms with Crippen LogP contribution in [-0.2, 0) is 10.0 Å². The molecule has 0 amide bonds. The molecule has 118 valence electrons. The molecule has 0 radical (unpaired) electrons. The van der Waals surface area contributed by atoms with Gasteiger partial charge in [0.15, 0.2) is 0 Å². The van der Waals surface area contributed by atoms with Crippen molar-refractivity contribution in [2.24, 2.45) is 0 Å². The van der Waals surface area contributed by atoms with Gasteiger partial charge < -0.3 is 0 Å². The maximum Gasteiger partial charge on any atom is 0.250 e. The van der Waals surface area contributed by atoms with Crippen LogP contribution in [-0.4, -0.2) is 12.4 Å². The zero-order valence-corrected chi connectivity index (χ0v) is 15.0. The number of hydrogen-bond acceptors (Lipinski definition) is 2. The van der Waals surface area contributed by atoms with Crippen LogP contribution >= 0.6 is 15.9 Å². The Balaban J connectivity index is 2.21. The lowest BCUT2D eigenvalue weighted by molar-refractivity contribution is 0.582. The predicted octanol–water partition coefficient (Wildman–Crippen LogP) is 4.82. The van der Waals surface area contributed by atoms with Gasteiger partial charge >= 0.3 is 0 Å². The normalized spacial score (nSPS) is 13.1. The topological polar surface area (TPSA) is 39.1 Å². The van der Waals surface area contributed by atoms with Crippen LogP contribution in [0.2, 0.25) is 0 Å². The van der Waals surface area contributed by atoms with E-state index in [4.69, 9.17) is 0 Å². The van der Waals surface area contributed by atoms with Gasteiger partial charge in [-0.05, 0) is 40.5 Å². The van der Waals surface area contributed by atoms with Gasteiger partial charge in [0.2, 0.25) is 0 Å². The van der Waals surface area contributed by atoms with Gasteiger partial charge in [-0.2, -0.15) is 0 Å². The molecule has 0 spiro atoms. The summed E-state index contributed by atoms with van der Waals surface area (Å²) in [6.45, 7) is 5.71. The van der Waals surface area contributed by atoms with Crippen LogP contribution in [0.5, 0.6) is 0 Å². The van der Waals surface area contributed by atoms with Crippen molar-refractivity contribution in [2.45, 2.75) is 12.2 Å². The van der Waals surface area contributed by atoms with Crippen LogP contribution in [0.1, 0.15) is 16.4 Å². The fourth-order valence-corrected chi connectivity index (χ4v) is 5.41. The molecule has 0 saturated heterocycles. The van der Waals surface area contributed by atoms with E-state index in [-0.39, 0.29) is 0 Å². The minimum atomic E-state index is -3.68. The van der Waals surface area contributed by atoms with Crippen molar-refractivity contribution in [3.8, 4) is 0 Å². The Labute approximate surface area is 144 Å². The van der Waals surface area contributed by atoms with Crippen molar-refractivity contribution >= 4 is 36.9 Å². The Bertz CT molecular complexity index is 972. The van der Waals surface area contributed by atoms with Gasteiger partial charge in [0, 0.05) is 5.39 Å². The second kappa shape index (κ2) is 5.98. The van der Waals surface area contributed by atoms with Crippen molar-refractivity contribution in [2.75, 3.05) is 0 Å². The van der Waals surface area contributed by atoms with E-state index in [2.05, 4.69) is 22.5 Å². The van der Waals surface area contributed by atoms with Gasteiger partial charge in [0.05, 0.1) is 5.52 Å². The average Bonchev–Trinajstić information content (AvgIpc) is 2.86. The summed E-state index contributed by atoms with van der Waals surface area (Å²) in [6.07, 6.45) is 1.47. The lowest BCUT2D eigenvalue weighted by Crippen LogP contribution is -2.20. The van der Waals surface area contributed by atoms with Crippen LogP contribution in [0.4, 0.5) is 0 Å². The lowest BCUT2D eigenvalue weighted by Gasteiger charge is -2.17. The molecule has 1 aromatic heterocycles. The molecule has 1 unspecified atom stereocenters. The number of aromatic nitrogens is 1. The Hall–Kier alpha value is -1.85. The molecule has 1 atom stereocenters. The fourth-order valence-electron chi connectivity index (χ4n) is 2.65. The first kappa shape index (κ1) is 16.0. The first-order valence-corrected chi connectivity index (χ1v) is 9.44. The minimum Gasteiger partial charge on any atom is -0.230 e. The van der Waals surface area contributed by atoms with Gasteiger partial charge in [-0.1, -0.05) is 54.1 Å². The highest BCUT2D eigenvalue weighted by Gasteiger charge is 2.29. The molecular weight excluding hydrogens is 374 g/mol. The Kier molecular flexibility index (Phi) is 4.17. The highest BCUT2D eigenvalue weighted by Crippen LogP contribution is 2.33. The van der Waals surface area contributed by atoms with E-state index in [1.807, 2.05) is 55.5 Å². The molecule has 2 aromatic carbocycles. The van der Waals surface area contributed by atoms with Crippen molar-refractivity contribution < 1.29 is 8.42 Å². The largest absolute Gasteiger partial charge is 0.250 e. The highest BCUT2D eigenvalue weighted by atomic mass is 79.9. The Morgan fingerprint density at radius 2 is 1.78 bits per heavy atom. The van der Waals surface area contributed by atoms with E-state index in [1.165, 1.54) is 10.0 Å². The first-order chi connectivity index (χ1) is 10.9. The Morgan fingerprint density at radius 1 is 1.13 bits per heavy atom. The van der Waals surface area contributed by atoms with Crippen LogP contribution in [0.25, 0.3) is 10.9 Å². The molecule has 3 rings (SSSR count). The number of halogens is 1. The molecule has 0 saturated carbocycles. The van der Waals surface area contributed by atoms with Gasteiger partial charge in [0.1, 0.15) is 9.85 Å². The monoisotopic (exact) mass is 389 g/mol. The molecular formula is C18H16BrNO2S. The van der Waals surface area contributed by atoms with E-state index in [1.54, 1.807) is 6.07 Å². The number of nitrogens with zero attached hydrogens (tertiary/aromatic N) is 1. The third-order valence-corrected chi connectivity index (χ3v) is 6.65. The summed E-state index contributed by atoms with van der Waals surface area (Å²) in [6, 6.07) is 16.7. The van der Waals surface area contributed by atoms with Crippen molar-refractivity contribution in [3.05, 3.63) is 83.0 Å². The zero-order valence-electron chi connectivity index (χ0n) is 12.6. The first-order valence-electron chi connectivity index (χ1n) is 7.14. The minimum absolute atomic E-state index is 0.512. The van der Waals surface area contributed by atoms with E-state index in [9.17, 15) is 8.42 Å². The number of para-hydroxylation sites is 1. The van der Waals surface area contributed by atoms with Crippen molar-refractivity contribution in [1.29, 1.82) is 0 Å². The molecule has 3 aromatic rings. The van der Waals surface area contributed by atoms with Gasteiger partial charge in [0.25, 0.3) is 10.0 Å². The molecule has 3 nitrogen and oxygen atoms in total. The molecule has 1 heterocycles. The third kappa shape index (κ3) is 2.75. The highest BCUT2D eigenvalue weighted by molar-refractivity contribution is 9.10. The molecule has 0 aliphatic rings. The van der Waals surface area contributed by atoms with E-state index < -0.39 is 15.3 Å². The maximum atomic E-state index is 13.2. The molecule has 0 fully saturated rings. The maximum absolute atomic E-state index is 13.2. The average molecular weight is 390 g/mol. The van der Waals surface area contributed by atoms with Gasteiger partial charge in [-0.15, -0.1) is 6.58 Å². The third-order valence-electron chi connectivity index (χ3n) is 3.82. The summed E-state index contributed by atoms with van der Waals surface area (Å²) >= 11 is 3.38. The van der Waals surface area contributed by atoms with Crippen LogP contribution in [0, 0.1) is 6.92 Å². The van der Waals surface area contributed by atoms with Crippen molar-refractivity contribution in [3.63, 3.8) is 0 Å². The summed E-state index contributed by atoms with van der Waals surface area (Å²) < 4.78 is 28.3. The summed E-state index contributed by atoms with van der Waals surface area (Å²) in [5, 5.41) is 0.0601. The molecule has 0 aliphatic carbocycles. The standard InChI is InChI=1S/C18H16BrNO2S/c1-3-17(14-10-8-13(2)9-11-14)23(21,22)20-16-7-5-4-6-15(16)12-18(20)19/h3-12,17H,1H2,2H3. The fraction of sp³-hybridized carbons (Fsp3) is 0.111. The second-order valence-corrected chi connectivity index (χ2v) is 8.12. The summed E-state index contributed by atoms with van der Waals surface area (Å²) in [5.41, 5.74) is 2.44. The summed E-state index contributed by atoms with van der Waals surface area (Å²) in [5.74, 6) is 0. The second-order valence-electron chi connectivity index (χ2n) is 5.40.